The number of aliphatic hydroxyl groups excluding tert-OH is 1. The van der Waals surface area contributed by atoms with Gasteiger partial charge >= 0.3 is 6.18 Å². The maximum Gasteiger partial charge on any atom is 0.413 e. The Labute approximate surface area is 96.2 Å². The zero-order valence-corrected chi connectivity index (χ0v) is 8.96. The lowest BCUT2D eigenvalue weighted by molar-refractivity contribution is -0.172. The van der Waals surface area contributed by atoms with Gasteiger partial charge in [0.25, 0.3) is 0 Å². The zero-order valence-electron chi connectivity index (χ0n) is 8.21. The molecule has 1 nitrogen and oxygen atoms in total. The first-order chi connectivity index (χ1) is 7.33. The van der Waals surface area contributed by atoms with E-state index in [1.165, 1.54) is 24.3 Å². The SMILES string of the molecule is C=CC(Cl)(C(O)c1ccccc1)C(F)(F)F. The molecule has 0 saturated heterocycles. The largest absolute Gasteiger partial charge is 0.413 e. The molecule has 88 valence electrons. The lowest BCUT2D eigenvalue weighted by Crippen LogP contribution is -2.43. The molecule has 0 heterocycles. The van der Waals surface area contributed by atoms with Gasteiger partial charge in [-0.05, 0) is 5.56 Å². The Bertz CT molecular complexity index is 363. The van der Waals surface area contributed by atoms with Gasteiger partial charge in [-0.1, -0.05) is 36.4 Å². The van der Waals surface area contributed by atoms with Crippen molar-refractivity contribution in [2.75, 3.05) is 0 Å². The molecule has 1 N–H and O–H groups in total. The van der Waals surface area contributed by atoms with Crippen LogP contribution in [-0.2, 0) is 0 Å². The summed E-state index contributed by atoms with van der Waals surface area (Å²) >= 11 is 5.39. The summed E-state index contributed by atoms with van der Waals surface area (Å²) in [6, 6.07) is 7.42. The summed E-state index contributed by atoms with van der Waals surface area (Å²) in [6.07, 6.45) is -6.15. The van der Waals surface area contributed by atoms with E-state index in [1.54, 1.807) is 6.07 Å². The fraction of sp³-hybridized carbons (Fsp3) is 0.273. The third kappa shape index (κ3) is 2.23. The van der Waals surface area contributed by atoms with Crippen molar-refractivity contribution >= 4 is 11.6 Å². The van der Waals surface area contributed by atoms with E-state index < -0.39 is 17.2 Å². The maximum absolute atomic E-state index is 12.7. The van der Waals surface area contributed by atoms with Crippen LogP contribution >= 0.6 is 11.6 Å². The first-order valence-electron chi connectivity index (χ1n) is 4.45. The molecule has 1 rings (SSSR count). The van der Waals surface area contributed by atoms with Crippen LogP contribution in [0.25, 0.3) is 0 Å². The van der Waals surface area contributed by atoms with Crippen molar-refractivity contribution in [3.8, 4) is 0 Å². The highest BCUT2D eigenvalue weighted by molar-refractivity contribution is 6.26. The molecule has 1 aromatic carbocycles. The fourth-order valence-corrected chi connectivity index (χ4v) is 1.39. The van der Waals surface area contributed by atoms with Gasteiger partial charge in [-0.2, -0.15) is 13.2 Å². The fourth-order valence-electron chi connectivity index (χ4n) is 1.26. The molecule has 1 aromatic rings. The quantitative estimate of drug-likeness (QED) is 0.644. The summed E-state index contributed by atoms with van der Waals surface area (Å²) in [5.74, 6) is 0. The molecule has 16 heavy (non-hydrogen) atoms. The van der Waals surface area contributed by atoms with Crippen molar-refractivity contribution in [2.45, 2.75) is 17.2 Å². The number of benzene rings is 1. The van der Waals surface area contributed by atoms with Crippen LogP contribution in [0.15, 0.2) is 43.0 Å². The maximum atomic E-state index is 12.7. The Balaban J connectivity index is 3.12. The second-order valence-electron chi connectivity index (χ2n) is 3.28. The van der Waals surface area contributed by atoms with E-state index in [4.69, 9.17) is 11.6 Å². The van der Waals surface area contributed by atoms with Crippen molar-refractivity contribution in [1.29, 1.82) is 0 Å². The molecule has 0 aromatic heterocycles. The minimum absolute atomic E-state index is 0.0923. The predicted molar refractivity (Wildman–Crippen MR) is 56.2 cm³/mol. The summed E-state index contributed by atoms with van der Waals surface area (Å²) in [5, 5.41) is 9.65. The molecule has 0 aliphatic carbocycles. The van der Waals surface area contributed by atoms with E-state index in [0.717, 1.165) is 0 Å². The number of rotatable bonds is 3. The summed E-state index contributed by atoms with van der Waals surface area (Å²) in [7, 11) is 0. The van der Waals surface area contributed by atoms with Gasteiger partial charge in [-0.25, -0.2) is 0 Å². The number of aliphatic hydroxyl groups is 1. The van der Waals surface area contributed by atoms with Crippen LogP contribution in [0.4, 0.5) is 13.2 Å². The summed E-state index contributed by atoms with van der Waals surface area (Å²) in [6.45, 7) is 3.03. The Morgan fingerprint density at radius 1 is 1.25 bits per heavy atom. The van der Waals surface area contributed by atoms with E-state index in [-0.39, 0.29) is 5.56 Å². The second-order valence-corrected chi connectivity index (χ2v) is 3.91. The standard InChI is InChI=1S/C11H10ClF3O/c1-2-10(12,11(13,14)15)9(16)8-6-4-3-5-7-8/h2-7,9,16H,1H2. The lowest BCUT2D eigenvalue weighted by Gasteiger charge is -2.31. The lowest BCUT2D eigenvalue weighted by atomic mass is 9.94. The smallest absolute Gasteiger partial charge is 0.386 e. The second kappa shape index (κ2) is 4.47. The van der Waals surface area contributed by atoms with Gasteiger partial charge in [0.15, 0.2) is 4.87 Å². The van der Waals surface area contributed by atoms with Crippen molar-refractivity contribution in [1.82, 2.24) is 0 Å². The highest BCUT2D eigenvalue weighted by Crippen LogP contribution is 2.45. The molecular weight excluding hydrogens is 241 g/mol. The predicted octanol–water partition coefficient (Wildman–Crippen LogP) is 3.45. The van der Waals surface area contributed by atoms with E-state index in [9.17, 15) is 18.3 Å². The van der Waals surface area contributed by atoms with Gasteiger partial charge in [-0.15, -0.1) is 18.2 Å². The number of hydrogen-bond acceptors (Lipinski definition) is 1. The average molecular weight is 251 g/mol. The average Bonchev–Trinajstić information content (AvgIpc) is 2.26. The van der Waals surface area contributed by atoms with Crippen LogP contribution in [0.3, 0.4) is 0 Å². The molecule has 0 fully saturated rings. The van der Waals surface area contributed by atoms with Gasteiger partial charge in [0.2, 0.25) is 0 Å². The summed E-state index contributed by atoms with van der Waals surface area (Å²) < 4.78 is 38.0. The molecule has 0 spiro atoms. The van der Waals surface area contributed by atoms with Crippen LogP contribution in [0.1, 0.15) is 11.7 Å². The normalized spacial score (nSPS) is 17.6. The molecule has 2 unspecified atom stereocenters. The van der Waals surface area contributed by atoms with Crippen LogP contribution in [0.5, 0.6) is 0 Å². The molecule has 0 aliphatic rings. The Morgan fingerprint density at radius 3 is 2.12 bits per heavy atom. The Kier molecular flexibility index (Phi) is 3.65. The van der Waals surface area contributed by atoms with Crippen LogP contribution in [0.2, 0.25) is 0 Å². The third-order valence-electron chi connectivity index (χ3n) is 2.24. The molecule has 0 saturated carbocycles. The molecule has 0 amide bonds. The van der Waals surface area contributed by atoms with Crippen molar-refractivity contribution in [3.63, 3.8) is 0 Å². The number of hydrogen-bond donors (Lipinski definition) is 1. The molecule has 0 bridgehead atoms. The van der Waals surface area contributed by atoms with E-state index in [1.807, 2.05) is 0 Å². The molecular formula is C11H10ClF3O. The van der Waals surface area contributed by atoms with Gasteiger partial charge in [0.05, 0.1) is 0 Å². The monoisotopic (exact) mass is 250 g/mol. The van der Waals surface area contributed by atoms with Crippen molar-refractivity contribution < 1.29 is 18.3 Å². The minimum Gasteiger partial charge on any atom is -0.386 e. The van der Waals surface area contributed by atoms with Gasteiger partial charge in [0.1, 0.15) is 6.10 Å². The van der Waals surface area contributed by atoms with E-state index in [0.29, 0.717) is 6.08 Å². The first-order valence-corrected chi connectivity index (χ1v) is 4.83. The molecule has 2 atom stereocenters. The summed E-state index contributed by atoms with van der Waals surface area (Å²) in [4.78, 5) is -2.87. The zero-order chi connectivity index (χ0) is 12.4. The topological polar surface area (TPSA) is 20.2 Å². The number of alkyl halides is 4. The van der Waals surface area contributed by atoms with Crippen molar-refractivity contribution in [2.24, 2.45) is 0 Å². The van der Waals surface area contributed by atoms with Crippen LogP contribution < -0.4 is 0 Å². The first kappa shape index (κ1) is 13.1. The number of halogens is 4. The Hall–Kier alpha value is -1.00. The Morgan fingerprint density at radius 2 is 1.75 bits per heavy atom. The van der Waals surface area contributed by atoms with Gasteiger partial charge in [0, 0.05) is 0 Å². The highest BCUT2D eigenvalue weighted by Gasteiger charge is 2.56. The molecule has 0 radical (unpaired) electrons. The minimum atomic E-state index is -4.77. The van der Waals surface area contributed by atoms with Crippen LogP contribution in [0, 0.1) is 0 Å². The highest BCUT2D eigenvalue weighted by atomic mass is 35.5. The molecule has 0 aliphatic heterocycles. The van der Waals surface area contributed by atoms with Gasteiger partial charge in [-0.3, -0.25) is 0 Å². The van der Waals surface area contributed by atoms with Crippen molar-refractivity contribution in [3.05, 3.63) is 48.6 Å². The summed E-state index contributed by atoms with van der Waals surface area (Å²) in [5.41, 5.74) is 0.0923. The van der Waals surface area contributed by atoms with E-state index in [2.05, 4.69) is 6.58 Å². The van der Waals surface area contributed by atoms with E-state index >= 15 is 0 Å². The van der Waals surface area contributed by atoms with Gasteiger partial charge < -0.3 is 5.11 Å². The third-order valence-corrected chi connectivity index (χ3v) is 2.82. The molecule has 5 heteroatoms. The van der Waals surface area contributed by atoms with Crippen LogP contribution in [-0.4, -0.2) is 16.2 Å².